The van der Waals surface area contributed by atoms with E-state index in [2.05, 4.69) is 10.5 Å². The molecule has 0 radical (unpaired) electrons. The Hall–Kier alpha value is -3.33. The average molecular weight is 425 g/mol. The number of nitrogens with zero attached hydrogens (tertiary/aromatic N) is 2. The van der Waals surface area contributed by atoms with E-state index in [1.165, 1.54) is 11.8 Å². The Kier molecular flexibility index (Phi) is 5.21. The summed E-state index contributed by atoms with van der Waals surface area (Å²) in [5.74, 6) is 0.538. The average Bonchev–Trinajstić information content (AvgIpc) is 3.27. The predicted octanol–water partition coefficient (Wildman–Crippen LogP) is 3.47. The molecular weight excluding hydrogens is 406 g/mol. The van der Waals surface area contributed by atoms with Gasteiger partial charge in [-0.25, -0.2) is 4.79 Å². The van der Waals surface area contributed by atoms with Crippen molar-refractivity contribution in [1.29, 1.82) is 0 Å². The number of rotatable bonds is 5. The molecule has 9 heteroatoms. The Morgan fingerprint density at radius 2 is 2.03 bits per heavy atom. The van der Waals surface area contributed by atoms with Crippen molar-refractivity contribution in [3.8, 4) is 5.82 Å². The molecule has 1 aliphatic rings. The van der Waals surface area contributed by atoms with Crippen LogP contribution in [0.3, 0.4) is 0 Å². The lowest BCUT2D eigenvalue weighted by Gasteiger charge is -2.16. The van der Waals surface area contributed by atoms with Gasteiger partial charge in [0.15, 0.2) is 12.4 Å². The molecule has 3 aromatic rings. The number of Topliss-reactive ketones (excluding diaryl/α,β-unsaturated/α-hetero) is 1. The summed E-state index contributed by atoms with van der Waals surface area (Å²) in [5.41, 5.74) is 2.81. The Labute approximate surface area is 176 Å². The topological polar surface area (TPSA) is 103 Å². The monoisotopic (exact) mass is 425 g/mol. The highest BCUT2D eigenvalue weighted by molar-refractivity contribution is 8.00. The zero-order valence-electron chi connectivity index (χ0n) is 16.6. The molecule has 3 heterocycles. The number of esters is 1. The molecule has 0 saturated carbocycles. The summed E-state index contributed by atoms with van der Waals surface area (Å²) in [4.78, 5) is 37.5. The highest BCUT2D eigenvalue weighted by atomic mass is 32.2. The van der Waals surface area contributed by atoms with Crippen LogP contribution < -0.4 is 5.32 Å². The van der Waals surface area contributed by atoms with Gasteiger partial charge < -0.3 is 14.6 Å². The molecule has 0 atom stereocenters. The largest absolute Gasteiger partial charge is 0.454 e. The molecule has 0 aliphatic carbocycles. The van der Waals surface area contributed by atoms with Gasteiger partial charge in [0, 0.05) is 27.9 Å². The summed E-state index contributed by atoms with van der Waals surface area (Å²) < 4.78 is 12.2. The second-order valence-electron chi connectivity index (χ2n) is 6.96. The van der Waals surface area contributed by atoms with E-state index in [1.807, 2.05) is 11.5 Å². The van der Waals surface area contributed by atoms with Crippen LogP contribution in [0.15, 0.2) is 39.8 Å². The minimum Gasteiger partial charge on any atom is -0.454 e. The van der Waals surface area contributed by atoms with E-state index >= 15 is 0 Å². The SMILES string of the molecule is Cc1cc(-n2c(C)cc(C(=O)COC(=O)c3ccc4c(c3)NC(=O)CS4)c2C)no1. The van der Waals surface area contributed by atoms with Crippen molar-refractivity contribution >= 4 is 35.1 Å². The third-order valence-corrected chi connectivity index (χ3v) is 5.83. The van der Waals surface area contributed by atoms with E-state index in [4.69, 9.17) is 9.26 Å². The fourth-order valence-corrected chi connectivity index (χ4v) is 4.15. The third-order valence-electron chi connectivity index (χ3n) is 4.76. The maximum absolute atomic E-state index is 12.7. The smallest absolute Gasteiger partial charge is 0.338 e. The van der Waals surface area contributed by atoms with Gasteiger partial charge in [-0.3, -0.25) is 14.2 Å². The number of thioether (sulfide) groups is 1. The molecule has 1 amide bonds. The Bertz CT molecular complexity index is 1180. The number of ketones is 1. The van der Waals surface area contributed by atoms with Crippen molar-refractivity contribution in [3.05, 3.63) is 58.6 Å². The summed E-state index contributed by atoms with van der Waals surface area (Å²) in [6.45, 7) is 5.06. The lowest BCUT2D eigenvalue weighted by Crippen LogP contribution is -2.19. The van der Waals surface area contributed by atoms with Gasteiger partial charge >= 0.3 is 5.97 Å². The van der Waals surface area contributed by atoms with E-state index in [0.29, 0.717) is 34.3 Å². The van der Waals surface area contributed by atoms with E-state index in [-0.39, 0.29) is 23.9 Å². The fraction of sp³-hybridized carbons (Fsp3) is 0.238. The highest BCUT2D eigenvalue weighted by Crippen LogP contribution is 2.32. The number of hydrogen-bond acceptors (Lipinski definition) is 7. The molecule has 1 aromatic carbocycles. The Morgan fingerprint density at radius 1 is 1.23 bits per heavy atom. The minimum atomic E-state index is -0.628. The first kappa shape index (κ1) is 20.0. The zero-order chi connectivity index (χ0) is 21.4. The van der Waals surface area contributed by atoms with Crippen molar-refractivity contribution in [1.82, 2.24) is 9.72 Å². The maximum atomic E-state index is 12.7. The number of benzene rings is 1. The van der Waals surface area contributed by atoms with Crippen LogP contribution in [0, 0.1) is 20.8 Å². The standard InChI is InChI=1S/C21H19N3O5S/c1-11-6-15(13(3)24(11)19-7-12(2)29-23-19)17(25)9-28-21(27)14-4-5-18-16(8-14)22-20(26)10-30-18/h4-8H,9-10H2,1-3H3,(H,22,26). The molecule has 154 valence electrons. The molecule has 1 N–H and O–H groups in total. The van der Waals surface area contributed by atoms with Crippen molar-refractivity contribution in [3.63, 3.8) is 0 Å². The molecule has 0 spiro atoms. The third kappa shape index (κ3) is 3.76. The minimum absolute atomic E-state index is 0.120. The normalized spacial score (nSPS) is 13.0. The van der Waals surface area contributed by atoms with Gasteiger partial charge in [-0.15, -0.1) is 11.8 Å². The second-order valence-corrected chi connectivity index (χ2v) is 7.98. The van der Waals surface area contributed by atoms with Crippen LogP contribution in [0.4, 0.5) is 5.69 Å². The maximum Gasteiger partial charge on any atom is 0.338 e. The first-order chi connectivity index (χ1) is 14.3. The molecule has 2 aromatic heterocycles. The van der Waals surface area contributed by atoms with Gasteiger partial charge in [0.1, 0.15) is 5.76 Å². The summed E-state index contributed by atoms with van der Waals surface area (Å²) in [7, 11) is 0. The van der Waals surface area contributed by atoms with Gasteiger partial charge in [0.05, 0.1) is 17.0 Å². The van der Waals surface area contributed by atoms with E-state index in [0.717, 1.165) is 10.6 Å². The van der Waals surface area contributed by atoms with Crippen LogP contribution in [0.1, 0.15) is 37.9 Å². The summed E-state index contributed by atoms with van der Waals surface area (Å²) in [5, 5.41) is 6.72. The molecule has 1 aliphatic heterocycles. The molecule has 8 nitrogen and oxygen atoms in total. The molecular formula is C21H19N3O5S. The number of aryl methyl sites for hydroxylation is 2. The van der Waals surface area contributed by atoms with E-state index < -0.39 is 5.97 Å². The highest BCUT2D eigenvalue weighted by Gasteiger charge is 2.21. The zero-order valence-corrected chi connectivity index (χ0v) is 17.5. The van der Waals surface area contributed by atoms with E-state index in [9.17, 15) is 14.4 Å². The molecule has 0 bridgehead atoms. The number of carbonyl (C=O) groups is 3. The van der Waals surface area contributed by atoms with Crippen LogP contribution >= 0.6 is 11.8 Å². The van der Waals surface area contributed by atoms with E-state index in [1.54, 1.807) is 44.2 Å². The Balaban J connectivity index is 1.47. The first-order valence-electron chi connectivity index (χ1n) is 9.23. The van der Waals surface area contributed by atoms with Gasteiger partial charge in [0.2, 0.25) is 11.7 Å². The Morgan fingerprint density at radius 3 is 2.77 bits per heavy atom. The van der Waals surface area contributed by atoms with Crippen LogP contribution in [-0.2, 0) is 9.53 Å². The number of carbonyl (C=O) groups excluding carboxylic acids is 3. The van der Waals surface area contributed by atoms with Crippen molar-refractivity contribution < 1.29 is 23.6 Å². The molecule has 0 saturated heterocycles. The number of anilines is 1. The quantitative estimate of drug-likeness (QED) is 0.493. The van der Waals surface area contributed by atoms with Gasteiger partial charge in [-0.1, -0.05) is 5.16 Å². The van der Waals surface area contributed by atoms with Gasteiger partial charge in [-0.05, 0) is 45.0 Å². The fourth-order valence-electron chi connectivity index (χ4n) is 3.36. The number of aromatic nitrogens is 2. The predicted molar refractivity (Wildman–Crippen MR) is 110 cm³/mol. The lowest BCUT2D eigenvalue weighted by atomic mass is 10.1. The van der Waals surface area contributed by atoms with Crippen LogP contribution in [-0.4, -0.2) is 39.7 Å². The number of fused-ring (bicyclic) bond motifs is 1. The van der Waals surface area contributed by atoms with Crippen molar-refractivity contribution in [2.24, 2.45) is 0 Å². The number of nitrogens with one attached hydrogen (secondary N) is 1. The number of ether oxygens (including phenoxy) is 1. The van der Waals surface area contributed by atoms with Crippen LogP contribution in [0.5, 0.6) is 0 Å². The first-order valence-corrected chi connectivity index (χ1v) is 10.2. The summed E-state index contributed by atoms with van der Waals surface area (Å²) in [6, 6.07) is 8.45. The molecule has 30 heavy (non-hydrogen) atoms. The van der Waals surface area contributed by atoms with Crippen LogP contribution in [0.25, 0.3) is 5.82 Å². The van der Waals surface area contributed by atoms with Gasteiger partial charge in [0.25, 0.3) is 0 Å². The second kappa shape index (κ2) is 7.83. The van der Waals surface area contributed by atoms with Crippen molar-refractivity contribution in [2.75, 3.05) is 17.7 Å². The molecule has 4 rings (SSSR count). The molecule has 0 fully saturated rings. The van der Waals surface area contributed by atoms with Gasteiger partial charge in [-0.2, -0.15) is 0 Å². The number of hydrogen-bond donors (Lipinski definition) is 1. The lowest BCUT2D eigenvalue weighted by molar-refractivity contribution is -0.113. The molecule has 0 unspecified atom stereocenters. The summed E-state index contributed by atoms with van der Waals surface area (Å²) >= 11 is 1.41. The van der Waals surface area contributed by atoms with Crippen molar-refractivity contribution in [2.45, 2.75) is 25.7 Å². The number of amides is 1. The summed E-state index contributed by atoms with van der Waals surface area (Å²) in [6.07, 6.45) is 0. The van der Waals surface area contributed by atoms with Crippen LogP contribution in [0.2, 0.25) is 0 Å².